The zero-order valence-electron chi connectivity index (χ0n) is 11.0. The van der Waals surface area contributed by atoms with E-state index >= 15 is 0 Å². The first kappa shape index (κ1) is 13.8. The molecular weight excluding hydrogens is 294 g/mol. The summed E-state index contributed by atoms with van der Waals surface area (Å²) >= 11 is 0. The summed E-state index contributed by atoms with van der Waals surface area (Å²) in [5, 5.41) is 4.26. The number of carbonyl (C=O) groups is 1. The lowest BCUT2D eigenvalue weighted by molar-refractivity contribution is -0.117. The van der Waals surface area contributed by atoms with Crippen molar-refractivity contribution in [2.45, 2.75) is 11.7 Å². The first-order valence-corrected chi connectivity index (χ1v) is 7.87. The molecule has 1 atom stereocenters. The summed E-state index contributed by atoms with van der Waals surface area (Å²) in [6.07, 6.45) is 2.80. The second-order valence-corrected chi connectivity index (χ2v) is 6.68. The topological polar surface area (TPSA) is 106 Å². The summed E-state index contributed by atoms with van der Waals surface area (Å²) in [6.45, 7) is 0.0670. The van der Waals surface area contributed by atoms with Gasteiger partial charge in [-0.3, -0.25) is 4.79 Å². The minimum atomic E-state index is -3.72. The highest BCUT2D eigenvalue weighted by atomic mass is 32.2. The number of rotatable bonds is 3. The number of oxazole rings is 1. The van der Waals surface area contributed by atoms with Gasteiger partial charge in [0.2, 0.25) is 15.9 Å². The van der Waals surface area contributed by atoms with Crippen molar-refractivity contribution in [2.75, 3.05) is 11.4 Å². The van der Waals surface area contributed by atoms with Gasteiger partial charge in [-0.05, 0) is 12.1 Å². The zero-order chi connectivity index (χ0) is 15.0. The zero-order valence-corrected chi connectivity index (χ0v) is 11.8. The number of nitrogens with two attached hydrogens (primary N) is 1. The number of amides is 1. The Bertz CT molecular complexity index is 770. The van der Waals surface area contributed by atoms with Gasteiger partial charge in [0.05, 0.1) is 6.20 Å². The lowest BCUT2D eigenvalue weighted by Gasteiger charge is -2.17. The Morgan fingerprint density at radius 2 is 2.19 bits per heavy atom. The van der Waals surface area contributed by atoms with Gasteiger partial charge in [0.1, 0.15) is 5.25 Å². The molecule has 110 valence electrons. The van der Waals surface area contributed by atoms with Gasteiger partial charge >= 0.3 is 0 Å². The third kappa shape index (κ3) is 2.67. The van der Waals surface area contributed by atoms with Crippen LogP contribution >= 0.6 is 0 Å². The number of sulfonamides is 1. The molecule has 1 aromatic carbocycles. The van der Waals surface area contributed by atoms with E-state index in [1.54, 1.807) is 24.4 Å². The van der Waals surface area contributed by atoms with E-state index in [2.05, 4.69) is 4.98 Å². The average Bonchev–Trinajstić information content (AvgIpc) is 3.07. The van der Waals surface area contributed by atoms with Crippen LogP contribution in [0.3, 0.4) is 0 Å². The van der Waals surface area contributed by atoms with E-state index in [1.165, 1.54) is 11.3 Å². The Labute approximate surface area is 121 Å². The summed E-state index contributed by atoms with van der Waals surface area (Å²) < 4.78 is 28.0. The van der Waals surface area contributed by atoms with Crippen LogP contribution < -0.4 is 10.0 Å². The second-order valence-electron chi connectivity index (χ2n) is 4.84. The molecule has 1 unspecified atom stereocenters. The molecule has 0 bridgehead atoms. The standard InChI is InChI=1S/C13H13N3O4S/c14-21(18,19)11-5-13(17)16(7-11)10-3-1-2-9(4-10)12-6-15-8-20-12/h1-4,6,8,11H,5,7H2,(H2,14,18,19). The highest BCUT2D eigenvalue weighted by Gasteiger charge is 2.37. The molecule has 8 heteroatoms. The molecule has 1 saturated heterocycles. The Morgan fingerprint density at radius 1 is 1.38 bits per heavy atom. The first-order valence-electron chi connectivity index (χ1n) is 6.26. The van der Waals surface area contributed by atoms with Crippen LogP contribution in [0.25, 0.3) is 11.3 Å². The van der Waals surface area contributed by atoms with E-state index in [0.29, 0.717) is 11.4 Å². The Kier molecular flexibility index (Phi) is 3.26. The lowest BCUT2D eigenvalue weighted by Crippen LogP contribution is -2.32. The molecule has 1 amide bonds. The molecule has 2 aromatic rings. The second kappa shape index (κ2) is 4.97. The summed E-state index contributed by atoms with van der Waals surface area (Å²) in [5.74, 6) is 0.315. The van der Waals surface area contributed by atoms with Crippen LogP contribution in [0.2, 0.25) is 0 Å². The molecule has 2 N–H and O–H groups in total. The third-order valence-electron chi connectivity index (χ3n) is 3.43. The Balaban J connectivity index is 1.91. The number of nitrogens with zero attached hydrogens (tertiary/aromatic N) is 2. The number of hydrogen-bond acceptors (Lipinski definition) is 5. The SMILES string of the molecule is NS(=O)(=O)C1CC(=O)N(c2cccc(-c3cnco3)c2)C1. The van der Waals surface area contributed by atoms with Crippen molar-refractivity contribution in [3.05, 3.63) is 36.9 Å². The van der Waals surface area contributed by atoms with Crippen LogP contribution in [0.5, 0.6) is 0 Å². The number of aromatic nitrogens is 1. The van der Waals surface area contributed by atoms with E-state index in [4.69, 9.17) is 9.56 Å². The van der Waals surface area contributed by atoms with E-state index in [-0.39, 0.29) is 18.9 Å². The van der Waals surface area contributed by atoms with Crippen molar-refractivity contribution in [1.82, 2.24) is 4.98 Å². The molecule has 2 heterocycles. The molecule has 0 radical (unpaired) electrons. The number of carbonyl (C=O) groups excluding carboxylic acids is 1. The van der Waals surface area contributed by atoms with Crippen LogP contribution in [0.15, 0.2) is 41.3 Å². The number of benzene rings is 1. The highest BCUT2D eigenvalue weighted by molar-refractivity contribution is 7.89. The van der Waals surface area contributed by atoms with E-state index < -0.39 is 15.3 Å². The van der Waals surface area contributed by atoms with Crippen LogP contribution in [0.1, 0.15) is 6.42 Å². The van der Waals surface area contributed by atoms with Gasteiger partial charge in [-0.15, -0.1) is 0 Å². The Hall–Kier alpha value is -2.19. The maximum atomic E-state index is 12.0. The average molecular weight is 307 g/mol. The van der Waals surface area contributed by atoms with Gasteiger partial charge in [0.25, 0.3) is 0 Å². The number of primary sulfonamides is 1. The molecule has 0 aliphatic carbocycles. The molecule has 1 aromatic heterocycles. The maximum Gasteiger partial charge on any atom is 0.228 e. The number of hydrogen-bond donors (Lipinski definition) is 1. The van der Waals surface area contributed by atoms with Crippen LogP contribution in [0.4, 0.5) is 5.69 Å². The predicted molar refractivity (Wildman–Crippen MR) is 75.8 cm³/mol. The third-order valence-corrected chi connectivity index (χ3v) is 4.67. The molecular formula is C13H13N3O4S. The largest absolute Gasteiger partial charge is 0.444 e. The van der Waals surface area contributed by atoms with Crippen molar-refractivity contribution in [3.63, 3.8) is 0 Å². The minimum Gasteiger partial charge on any atom is -0.444 e. The van der Waals surface area contributed by atoms with Crippen molar-refractivity contribution < 1.29 is 17.6 Å². The van der Waals surface area contributed by atoms with E-state index in [1.807, 2.05) is 6.07 Å². The predicted octanol–water partition coefficient (Wildman–Crippen LogP) is 0.735. The quantitative estimate of drug-likeness (QED) is 0.900. The molecule has 1 aliphatic heterocycles. The van der Waals surface area contributed by atoms with E-state index in [9.17, 15) is 13.2 Å². The summed E-state index contributed by atoms with van der Waals surface area (Å²) in [4.78, 5) is 17.3. The van der Waals surface area contributed by atoms with Crippen molar-refractivity contribution >= 4 is 21.6 Å². The maximum absolute atomic E-state index is 12.0. The first-order chi connectivity index (χ1) is 9.95. The molecule has 21 heavy (non-hydrogen) atoms. The monoisotopic (exact) mass is 307 g/mol. The normalized spacial score (nSPS) is 19.2. The molecule has 1 fully saturated rings. The van der Waals surface area contributed by atoms with Crippen LogP contribution in [-0.2, 0) is 14.8 Å². The van der Waals surface area contributed by atoms with Crippen molar-refractivity contribution in [1.29, 1.82) is 0 Å². The van der Waals surface area contributed by atoms with Gasteiger partial charge in [-0.2, -0.15) is 0 Å². The van der Waals surface area contributed by atoms with Gasteiger partial charge < -0.3 is 9.32 Å². The smallest absolute Gasteiger partial charge is 0.228 e. The molecule has 3 rings (SSSR count). The highest BCUT2D eigenvalue weighted by Crippen LogP contribution is 2.28. The Morgan fingerprint density at radius 3 is 2.81 bits per heavy atom. The van der Waals surface area contributed by atoms with Gasteiger partial charge in [0, 0.05) is 24.2 Å². The van der Waals surface area contributed by atoms with Crippen molar-refractivity contribution in [3.8, 4) is 11.3 Å². The molecule has 0 spiro atoms. The van der Waals surface area contributed by atoms with E-state index in [0.717, 1.165) is 5.56 Å². The molecule has 7 nitrogen and oxygen atoms in total. The van der Waals surface area contributed by atoms with Crippen LogP contribution in [0, 0.1) is 0 Å². The molecule has 1 aliphatic rings. The summed E-state index contributed by atoms with van der Waals surface area (Å²) in [7, 11) is -3.72. The summed E-state index contributed by atoms with van der Waals surface area (Å²) in [6, 6.07) is 7.08. The number of anilines is 1. The van der Waals surface area contributed by atoms with Gasteiger partial charge in [-0.1, -0.05) is 12.1 Å². The fraction of sp³-hybridized carbons (Fsp3) is 0.231. The minimum absolute atomic E-state index is 0.0670. The van der Waals surface area contributed by atoms with Gasteiger partial charge in [-0.25, -0.2) is 18.5 Å². The van der Waals surface area contributed by atoms with Crippen LogP contribution in [-0.4, -0.2) is 31.1 Å². The fourth-order valence-electron chi connectivity index (χ4n) is 2.33. The van der Waals surface area contributed by atoms with Gasteiger partial charge in [0.15, 0.2) is 12.2 Å². The lowest BCUT2D eigenvalue weighted by atomic mass is 10.1. The van der Waals surface area contributed by atoms with Crippen molar-refractivity contribution in [2.24, 2.45) is 5.14 Å². The summed E-state index contributed by atoms with van der Waals surface area (Å²) in [5.41, 5.74) is 1.37. The molecule has 0 saturated carbocycles. The fourth-order valence-corrected chi connectivity index (χ4v) is 3.06.